The third-order valence-electron chi connectivity index (χ3n) is 1.57. The fourth-order valence-electron chi connectivity index (χ4n) is 0.902. The van der Waals surface area contributed by atoms with Gasteiger partial charge in [0.1, 0.15) is 5.76 Å². The monoisotopic (exact) mass is 185 g/mol. The van der Waals surface area contributed by atoms with Gasteiger partial charge in [0, 0.05) is 11.6 Å². The van der Waals surface area contributed by atoms with Crippen molar-refractivity contribution in [1.29, 1.82) is 0 Å². The minimum atomic E-state index is 0.176. The maximum absolute atomic E-state index is 5.60. The zero-order chi connectivity index (χ0) is 8.97. The van der Waals surface area contributed by atoms with E-state index in [2.05, 4.69) is 11.9 Å². The van der Waals surface area contributed by atoms with Gasteiger partial charge in [-0.05, 0) is 19.1 Å². The molecule has 1 unspecified atom stereocenters. The van der Waals surface area contributed by atoms with Crippen molar-refractivity contribution in [3.8, 4) is 0 Å². The highest BCUT2D eigenvalue weighted by atomic mass is 35.5. The Morgan fingerprint density at radius 2 is 2.58 bits per heavy atom. The van der Waals surface area contributed by atoms with Crippen molar-refractivity contribution < 1.29 is 4.42 Å². The molecule has 0 bridgehead atoms. The molecule has 0 saturated heterocycles. The molecule has 1 N–H and O–H groups in total. The largest absolute Gasteiger partial charge is 0.468 e. The van der Waals surface area contributed by atoms with Crippen LogP contribution in [-0.2, 0) is 0 Å². The van der Waals surface area contributed by atoms with E-state index in [1.165, 1.54) is 0 Å². The Labute approximate surface area is 77.2 Å². The highest BCUT2D eigenvalue weighted by Crippen LogP contribution is 2.12. The molecule has 0 fully saturated rings. The molecule has 1 aromatic rings. The summed E-state index contributed by atoms with van der Waals surface area (Å²) in [6, 6.07) is 3.97. The average molecular weight is 186 g/mol. The van der Waals surface area contributed by atoms with Crippen molar-refractivity contribution in [1.82, 2.24) is 5.32 Å². The number of furan rings is 1. The minimum Gasteiger partial charge on any atom is -0.468 e. The molecule has 3 heteroatoms. The molecule has 0 aromatic carbocycles. The van der Waals surface area contributed by atoms with Crippen LogP contribution in [0.5, 0.6) is 0 Å². The molecule has 0 aliphatic carbocycles. The quantitative estimate of drug-likeness (QED) is 0.781. The lowest BCUT2D eigenvalue weighted by molar-refractivity contribution is 0.441. The van der Waals surface area contributed by atoms with Crippen molar-refractivity contribution >= 4 is 11.6 Å². The van der Waals surface area contributed by atoms with Crippen LogP contribution in [0.2, 0.25) is 0 Å². The fourth-order valence-corrected chi connectivity index (χ4v) is 0.979. The van der Waals surface area contributed by atoms with Crippen LogP contribution in [0, 0.1) is 0 Å². The molecule has 0 aliphatic heterocycles. The molecule has 0 spiro atoms. The second-order valence-corrected chi connectivity index (χ2v) is 3.17. The van der Waals surface area contributed by atoms with Gasteiger partial charge < -0.3 is 9.73 Å². The van der Waals surface area contributed by atoms with E-state index in [9.17, 15) is 0 Å². The van der Waals surface area contributed by atoms with Crippen LogP contribution >= 0.6 is 11.6 Å². The normalized spacial score (nSPS) is 12.8. The van der Waals surface area contributed by atoms with Gasteiger partial charge in [-0.2, -0.15) is 0 Å². The van der Waals surface area contributed by atoms with Crippen molar-refractivity contribution in [2.45, 2.75) is 13.0 Å². The molecule has 66 valence electrons. The predicted molar refractivity (Wildman–Crippen MR) is 50.1 cm³/mol. The lowest BCUT2D eigenvalue weighted by Gasteiger charge is -2.09. The molecule has 0 amide bonds. The van der Waals surface area contributed by atoms with Gasteiger partial charge in [0.2, 0.25) is 0 Å². The first-order valence-corrected chi connectivity index (χ1v) is 4.18. The number of hydrogen-bond donors (Lipinski definition) is 1. The van der Waals surface area contributed by atoms with Gasteiger partial charge >= 0.3 is 0 Å². The first-order chi connectivity index (χ1) is 5.70. The van der Waals surface area contributed by atoms with Crippen LogP contribution in [-0.4, -0.2) is 6.54 Å². The second kappa shape index (κ2) is 4.33. The van der Waals surface area contributed by atoms with Crippen molar-refractivity contribution in [3.63, 3.8) is 0 Å². The third kappa shape index (κ3) is 2.72. The molecule has 0 aliphatic rings. The summed E-state index contributed by atoms with van der Waals surface area (Å²) in [4.78, 5) is 0. The molecule has 2 nitrogen and oxygen atoms in total. The van der Waals surface area contributed by atoms with Gasteiger partial charge in [0.05, 0.1) is 12.3 Å². The zero-order valence-corrected chi connectivity index (χ0v) is 7.77. The van der Waals surface area contributed by atoms with Crippen LogP contribution < -0.4 is 5.32 Å². The number of halogens is 1. The Morgan fingerprint density at radius 3 is 3.08 bits per heavy atom. The van der Waals surface area contributed by atoms with Gasteiger partial charge in [0.25, 0.3) is 0 Å². The Morgan fingerprint density at radius 1 is 1.83 bits per heavy atom. The van der Waals surface area contributed by atoms with Gasteiger partial charge in [-0.15, -0.1) is 0 Å². The van der Waals surface area contributed by atoms with Crippen LogP contribution in [0.1, 0.15) is 18.7 Å². The lowest BCUT2D eigenvalue weighted by atomic mass is 10.2. The molecule has 12 heavy (non-hydrogen) atoms. The molecule has 1 atom stereocenters. The number of hydrogen-bond acceptors (Lipinski definition) is 2. The van der Waals surface area contributed by atoms with Gasteiger partial charge in [0.15, 0.2) is 0 Å². The highest BCUT2D eigenvalue weighted by Gasteiger charge is 2.06. The minimum absolute atomic E-state index is 0.176. The Balaban J connectivity index is 2.39. The molecule has 0 saturated carbocycles. The van der Waals surface area contributed by atoms with Crippen LogP contribution in [0.15, 0.2) is 34.4 Å². The lowest BCUT2D eigenvalue weighted by Crippen LogP contribution is -2.19. The van der Waals surface area contributed by atoms with Crippen LogP contribution in [0.25, 0.3) is 0 Å². The number of rotatable bonds is 4. The zero-order valence-electron chi connectivity index (χ0n) is 7.01. The summed E-state index contributed by atoms with van der Waals surface area (Å²) in [6.07, 6.45) is 1.66. The summed E-state index contributed by atoms with van der Waals surface area (Å²) >= 11 is 5.60. The van der Waals surface area contributed by atoms with E-state index in [-0.39, 0.29) is 6.04 Å². The summed E-state index contributed by atoms with van der Waals surface area (Å²) < 4.78 is 5.19. The van der Waals surface area contributed by atoms with Crippen LogP contribution in [0.4, 0.5) is 0 Å². The van der Waals surface area contributed by atoms with Gasteiger partial charge in [-0.25, -0.2) is 0 Å². The van der Waals surface area contributed by atoms with E-state index in [1.54, 1.807) is 6.26 Å². The fraction of sp³-hybridized carbons (Fsp3) is 0.333. The SMILES string of the molecule is C=C(Cl)CNC(C)c1ccco1. The Hall–Kier alpha value is -0.730. The van der Waals surface area contributed by atoms with E-state index in [4.69, 9.17) is 16.0 Å². The summed E-state index contributed by atoms with van der Waals surface area (Å²) in [7, 11) is 0. The Kier molecular flexibility index (Phi) is 3.38. The standard InChI is InChI=1S/C9H12ClNO/c1-7(10)6-11-8(2)9-4-3-5-12-9/h3-5,8,11H,1,6H2,2H3. The first-order valence-electron chi connectivity index (χ1n) is 3.80. The summed E-state index contributed by atoms with van der Waals surface area (Å²) in [5.74, 6) is 0.910. The predicted octanol–water partition coefficient (Wildman–Crippen LogP) is 2.68. The maximum atomic E-state index is 5.60. The highest BCUT2D eigenvalue weighted by molar-refractivity contribution is 6.29. The van der Waals surface area contributed by atoms with Crippen molar-refractivity contribution in [3.05, 3.63) is 35.8 Å². The molecular weight excluding hydrogens is 174 g/mol. The topological polar surface area (TPSA) is 25.2 Å². The first kappa shape index (κ1) is 9.36. The Bertz CT molecular complexity index is 243. The van der Waals surface area contributed by atoms with Gasteiger partial charge in [-0.1, -0.05) is 18.2 Å². The molecule has 1 rings (SSSR count). The maximum Gasteiger partial charge on any atom is 0.120 e. The summed E-state index contributed by atoms with van der Waals surface area (Å²) in [6.45, 7) is 6.19. The average Bonchev–Trinajstić information content (AvgIpc) is 2.51. The van der Waals surface area contributed by atoms with E-state index in [0.717, 1.165) is 5.76 Å². The van der Waals surface area contributed by atoms with E-state index >= 15 is 0 Å². The molecule has 1 heterocycles. The molecule has 1 aromatic heterocycles. The third-order valence-corrected chi connectivity index (χ3v) is 1.70. The summed E-state index contributed by atoms with van der Waals surface area (Å²) in [5.41, 5.74) is 0. The van der Waals surface area contributed by atoms with E-state index in [1.807, 2.05) is 19.1 Å². The second-order valence-electron chi connectivity index (χ2n) is 2.64. The van der Waals surface area contributed by atoms with Crippen molar-refractivity contribution in [2.24, 2.45) is 0 Å². The van der Waals surface area contributed by atoms with Crippen molar-refractivity contribution in [2.75, 3.05) is 6.54 Å². The van der Waals surface area contributed by atoms with E-state index in [0.29, 0.717) is 11.6 Å². The summed E-state index contributed by atoms with van der Waals surface area (Å²) in [5, 5.41) is 3.76. The van der Waals surface area contributed by atoms with Crippen LogP contribution in [0.3, 0.4) is 0 Å². The molecular formula is C9H12ClNO. The smallest absolute Gasteiger partial charge is 0.120 e. The van der Waals surface area contributed by atoms with E-state index < -0.39 is 0 Å². The number of nitrogens with one attached hydrogen (secondary N) is 1. The molecule has 0 radical (unpaired) electrons. The van der Waals surface area contributed by atoms with Gasteiger partial charge in [-0.3, -0.25) is 0 Å².